The Kier molecular flexibility index (Phi) is 5.44. The minimum absolute atomic E-state index is 0.0356. The fraction of sp³-hybridized carbons (Fsp3) is 0.435. The maximum atomic E-state index is 15.1. The first-order valence-electron chi connectivity index (χ1n) is 11.0. The van der Waals surface area contributed by atoms with Gasteiger partial charge in [0, 0.05) is 31.6 Å². The maximum absolute atomic E-state index is 15.1. The zero-order valence-electron chi connectivity index (χ0n) is 18.4. The van der Waals surface area contributed by atoms with Crippen molar-refractivity contribution in [3.05, 3.63) is 45.1 Å². The minimum Gasteiger partial charge on any atom is -0.477 e. The van der Waals surface area contributed by atoms with Crippen LogP contribution in [0.1, 0.15) is 42.4 Å². The molecule has 33 heavy (non-hydrogen) atoms. The van der Waals surface area contributed by atoms with E-state index in [0.717, 1.165) is 17.8 Å². The molecule has 0 saturated carbocycles. The molecule has 2 aromatic rings. The largest absolute Gasteiger partial charge is 0.477 e. The number of hydrogen-bond acceptors (Lipinski definition) is 7. The molecular weight excluding hydrogens is 449 g/mol. The molecule has 1 N–H and O–H groups in total. The number of thioether (sulfide) groups is 1. The van der Waals surface area contributed by atoms with Crippen LogP contribution in [0.2, 0.25) is 0 Å². The summed E-state index contributed by atoms with van der Waals surface area (Å²) in [4.78, 5) is 40.1. The number of esters is 1. The number of rotatable bonds is 5. The third-order valence-electron chi connectivity index (χ3n) is 6.58. The van der Waals surface area contributed by atoms with Crippen LogP contribution in [0.4, 0.5) is 10.1 Å². The van der Waals surface area contributed by atoms with Crippen LogP contribution >= 0.6 is 11.8 Å². The van der Waals surface area contributed by atoms with Crippen molar-refractivity contribution in [1.82, 2.24) is 9.47 Å². The van der Waals surface area contributed by atoms with Gasteiger partial charge in [-0.2, -0.15) is 0 Å². The summed E-state index contributed by atoms with van der Waals surface area (Å²) in [5.41, 5.74) is 1.06. The fourth-order valence-corrected chi connectivity index (χ4v) is 5.96. The first-order valence-corrected chi connectivity index (χ1v) is 11.9. The molecule has 0 bridgehead atoms. The van der Waals surface area contributed by atoms with Gasteiger partial charge in [0.25, 0.3) is 0 Å². The van der Waals surface area contributed by atoms with Crippen LogP contribution < -0.4 is 10.3 Å². The molecule has 3 aliphatic heterocycles. The van der Waals surface area contributed by atoms with Crippen molar-refractivity contribution in [2.75, 3.05) is 37.6 Å². The van der Waals surface area contributed by atoms with Crippen molar-refractivity contribution in [2.45, 2.75) is 37.1 Å². The minimum atomic E-state index is -1.29. The SMILES string of the molecule is CCC1=C(CN2CCN(c3cc4c(cc3F)c(=O)c(C(=O)O)c3n4C(C)S3)CC2)OC(=O)C1. The maximum Gasteiger partial charge on any atom is 0.342 e. The number of aromatic carboxylic acids is 1. The van der Waals surface area contributed by atoms with E-state index in [0.29, 0.717) is 55.4 Å². The number of piperazine rings is 1. The summed E-state index contributed by atoms with van der Waals surface area (Å²) in [7, 11) is 0. The Morgan fingerprint density at radius 1 is 1.24 bits per heavy atom. The van der Waals surface area contributed by atoms with E-state index < -0.39 is 17.2 Å². The van der Waals surface area contributed by atoms with Gasteiger partial charge in [-0.1, -0.05) is 18.7 Å². The van der Waals surface area contributed by atoms with Gasteiger partial charge in [-0.3, -0.25) is 14.5 Å². The Bertz CT molecular complexity index is 1280. The van der Waals surface area contributed by atoms with E-state index in [9.17, 15) is 19.5 Å². The van der Waals surface area contributed by atoms with Gasteiger partial charge >= 0.3 is 11.9 Å². The summed E-state index contributed by atoms with van der Waals surface area (Å²) in [6, 6.07) is 2.84. The molecule has 174 valence electrons. The van der Waals surface area contributed by atoms with Gasteiger partial charge in [-0.25, -0.2) is 9.18 Å². The van der Waals surface area contributed by atoms with Crippen molar-refractivity contribution in [1.29, 1.82) is 0 Å². The number of carbonyl (C=O) groups excluding carboxylic acids is 1. The molecule has 5 rings (SSSR count). The second kappa shape index (κ2) is 8.18. The predicted octanol–water partition coefficient (Wildman–Crippen LogP) is 3.20. The van der Waals surface area contributed by atoms with E-state index in [-0.39, 0.29) is 22.3 Å². The van der Waals surface area contributed by atoms with Gasteiger partial charge in [0.1, 0.15) is 17.1 Å². The molecule has 1 saturated heterocycles. The predicted molar refractivity (Wildman–Crippen MR) is 122 cm³/mol. The van der Waals surface area contributed by atoms with Gasteiger partial charge in [0.05, 0.1) is 34.6 Å². The molecule has 8 nitrogen and oxygen atoms in total. The van der Waals surface area contributed by atoms with Crippen molar-refractivity contribution >= 4 is 40.3 Å². The zero-order valence-corrected chi connectivity index (χ0v) is 19.2. The summed E-state index contributed by atoms with van der Waals surface area (Å²) in [5.74, 6) is -1.29. The molecule has 0 spiro atoms. The van der Waals surface area contributed by atoms with E-state index in [4.69, 9.17) is 4.74 Å². The summed E-state index contributed by atoms with van der Waals surface area (Å²) in [5, 5.41) is 9.96. The quantitative estimate of drug-likeness (QED) is 0.662. The smallest absolute Gasteiger partial charge is 0.342 e. The average molecular weight is 474 g/mol. The van der Waals surface area contributed by atoms with Gasteiger partial charge < -0.3 is 19.3 Å². The Morgan fingerprint density at radius 3 is 2.61 bits per heavy atom. The van der Waals surface area contributed by atoms with Crippen LogP contribution in [0, 0.1) is 5.82 Å². The zero-order chi connectivity index (χ0) is 23.4. The molecule has 1 aromatic heterocycles. The van der Waals surface area contributed by atoms with Crippen LogP contribution in [-0.4, -0.2) is 59.2 Å². The van der Waals surface area contributed by atoms with Crippen LogP contribution in [0.5, 0.6) is 0 Å². The number of nitrogens with zero attached hydrogens (tertiary/aromatic N) is 3. The van der Waals surface area contributed by atoms with Crippen LogP contribution in [-0.2, 0) is 9.53 Å². The van der Waals surface area contributed by atoms with Gasteiger partial charge in [0.15, 0.2) is 0 Å². The summed E-state index contributed by atoms with van der Waals surface area (Å²) < 4.78 is 22.3. The van der Waals surface area contributed by atoms with E-state index >= 15 is 4.39 Å². The highest BCUT2D eigenvalue weighted by Crippen LogP contribution is 2.46. The number of carboxylic acids is 1. The molecule has 4 heterocycles. The highest BCUT2D eigenvalue weighted by molar-refractivity contribution is 8.00. The van der Waals surface area contributed by atoms with Gasteiger partial charge in [-0.15, -0.1) is 0 Å². The molecule has 1 aromatic carbocycles. The van der Waals surface area contributed by atoms with Crippen molar-refractivity contribution < 1.29 is 23.8 Å². The van der Waals surface area contributed by atoms with Crippen LogP contribution in [0.15, 0.2) is 33.3 Å². The lowest BCUT2D eigenvalue weighted by Gasteiger charge is -2.37. The second-order valence-corrected chi connectivity index (χ2v) is 9.82. The number of halogens is 1. The lowest BCUT2D eigenvalue weighted by Crippen LogP contribution is -2.47. The lowest BCUT2D eigenvalue weighted by molar-refractivity contribution is -0.136. The van der Waals surface area contributed by atoms with E-state index in [2.05, 4.69) is 4.90 Å². The Labute approximate surface area is 193 Å². The Morgan fingerprint density at radius 2 is 1.97 bits per heavy atom. The number of benzene rings is 1. The third kappa shape index (κ3) is 3.61. The highest BCUT2D eigenvalue weighted by Gasteiger charge is 2.34. The molecule has 0 radical (unpaired) electrons. The Hall–Kier alpha value is -2.85. The second-order valence-electron chi connectivity index (χ2n) is 8.52. The monoisotopic (exact) mass is 473 g/mol. The first-order chi connectivity index (χ1) is 15.8. The molecule has 10 heteroatoms. The summed E-state index contributed by atoms with van der Waals surface area (Å²) in [6.07, 6.45) is 1.14. The molecule has 1 unspecified atom stereocenters. The number of anilines is 1. The third-order valence-corrected chi connectivity index (χ3v) is 7.76. The number of cyclic esters (lactones) is 1. The first kappa shape index (κ1) is 22.0. The number of carboxylic acid groups (broad SMARTS) is 1. The van der Waals surface area contributed by atoms with Gasteiger partial charge in [0.2, 0.25) is 5.43 Å². The van der Waals surface area contributed by atoms with Crippen molar-refractivity contribution in [2.24, 2.45) is 0 Å². The molecule has 1 atom stereocenters. The molecule has 0 aliphatic carbocycles. The molecule has 0 amide bonds. The van der Waals surface area contributed by atoms with Crippen molar-refractivity contribution in [3.8, 4) is 0 Å². The van der Waals surface area contributed by atoms with Gasteiger partial charge in [-0.05, 0) is 31.1 Å². The number of pyridine rings is 1. The molecule has 3 aliphatic rings. The van der Waals surface area contributed by atoms with Crippen LogP contribution in [0.25, 0.3) is 10.9 Å². The van der Waals surface area contributed by atoms with E-state index in [1.54, 1.807) is 10.6 Å². The average Bonchev–Trinajstić information content (AvgIpc) is 3.13. The summed E-state index contributed by atoms with van der Waals surface area (Å²) >= 11 is 1.33. The standard InChI is InChI=1S/C23H24FN3O5S/c1-3-13-8-19(28)32-18(13)11-25-4-6-26(7-5-25)17-10-16-14(9-15(17)24)21(29)20(23(30)31)22-27(16)12(2)33-22/h9-10,12H,3-8,11H2,1-2H3,(H,30,31). The number of hydrogen-bond donors (Lipinski definition) is 1. The summed E-state index contributed by atoms with van der Waals surface area (Å²) in [6.45, 7) is 7.02. The molecular formula is C23H24FN3O5S. The van der Waals surface area contributed by atoms with E-state index in [1.165, 1.54) is 17.8 Å². The number of ether oxygens (including phenoxy) is 1. The Balaban J connectivity index is 1.41. The van der Waals surface area contributed by atoms with E-state index in [1.807, 2.05) is 18.7 Å². The topological polar surface area (TPSA) is 92.1 Å². The number of aromatic nitrogens is 1. The highest BCUT2D eigenvalue weighted by atomic mass is 32.2. The van der Waals surface area contributed by atoms with Crippen LogP contribution in [0.3, 0.4) is 0 Å². The fourth-order valence-electron chi connectivity index (χ4n) is 4.80. The number of carbonyl (C=O) groups is 2. The number of fused-ring (bicyclic) bond motifs is 3. The molecule has 1 fully saturated rings. The van der Waals surface area contributed by atoms with Crippen molar-refractivity contribution in [3.63, 3.8) is 0 Å². The lowest BCUT2D eigenvalue weighted by atomic mass is 10.1. The normalized spacial score (nSPS) is 20.8.